The van der Waals surface area contributed by atoms with Crippen molar-refractivity contribution in [3.8, 4) is 0 Å². The van der Waals surface area contributed by atoms with E-state index in [1.165, 1.54) is 5.56 Å². The lowest BCUT2D eigenvalue weighted by Gasteiger charge is -2.34. The molecule has 2 aliphatic heterocycles. The fourth-order valence-electron chi connectivity index (χ4n) is 3.69. The number of ether oxygens (including phenoxy) is 2. The summed E-state index contributed by atoms with van der Waals surface area (Å²) in [4.78, 5) is 14.6. The molecule has 0 saturated carbocycles. The van der Waals surface area contributed by atoms with E-state index in [4.69, 9.17) is 9.47 Å². The molecule has 24 heavy (non-hydrogen) atoms. The van der Waals surface area contributed by atoms with Gasteiger partial charge in [-0.15, -0.1) is 0 Å². The number of piperidine rings is 1. The van der Waals surface area contributed by atoms with Crippen molar-refractivity contribution >= 4 is 5.91 Å². The summed E-state index contributed by atoms with van der Waals surface area (Å²) in [5.41, 5.74) is 1.38. The summed E-state index contributed by atoms with van der Waals surface area (Å²) in [5.74, 6) is 0.536. The number of nitrogens with zero attached hydrogens (tertiary/aromatic N) is 1. The summed E-state index contributed by atoms with van der Waals surface area (Å²) in [5, 5.41) is 2.89. The monoisotopic (exact) mass is 332 g/mol. The first-order valence-corrected chi connectivity index (χ1v) is 8.94. The second-order valence-corrected chi connectivity index (χ2v) is 6.77. The molecule has 3 atom stereocenters. The molecular weight excluding hydrogens is 304 g/mol. The predicted octanol–water partition coefficient (Wildman–Crippen LogP) is 1.47. The number of benzene rings is 1. The van der Waals surface area contributed by atoms with Crippen LogP contribution in [0.2, 0.25) is 0 Å². The van der Waals surface area contributed by atoms with Gasteiger partial charge in [0.05, 0.1) is 12.7 Å². The van der Waals surface area contributed by atoms with Gasteiger partial charge in [-0.25, -0.2) is 0 Å². The minimum absolute atomic E-state index is 0.0114. The molecule has 1 aromatic rings. The Hall–Kier alpha value is -1.43. The summed E-state index contributed by atoms with van der Waals surface area (Å²) in [6, 6.07) is 10.6. The number of carbonyl (C=O) groups excluding carboxylic acids is 1. The number of likely N-dealkylation sites (tertiary alicyclic amines) is 1. The van der Waals surface area contributed by atoms with E-state index < -0.39 is 0 Å². The molecule has 5 nitrogen and oxygen atoms in total. The fraction of sp³-hybridized carbons (Fsp3) is 0.632. The average molecular weight is 332 g/mol. The Morgan fingerprint density at radius 1 is 1.38 bits per heavy atom. The van der Waals surface area contributed by atoms with Gasteiger partial charge in [0.2, 0.25) is 5.91 Å². The van der Waals surface area contributed by atoms with Crippen molar-refractivity contribution in [3.63, 3.8) is 0 Å². The van der Waals surface area contributed by atoms with Crippen LogP contribution < -0.4 is 5.32 Å². The third-order valence-electron chi connectivity index (χ3n) is 5.09. The van der Waals surface area contributed by atoms with Gasteiger partial charge in [-0.3, -0.25) is 4.79 Å². The molecule has 0 bridgehead atoms. The van der Waals surface area contributed by atoms with E-state index in [0.717, 1.165) is 38.9 Å². The second kappa shape index (κ2) is 8.60. The van der Waals surface area contributed by atoms with Crippen LogP contribution in [-0.4, -0.2) is 62.9 Å². The summed E-state index contributed by atoms with van der Waals surface area (Å²) >= 11 is 0. The molecule has 2 aliphatic rings. The summed E-state index contributed by atoms with van der Waals surface area (Å²) in [6.07, 6.45) is 2.97. The van der Waals surface area contributed by atoms with Gasteiger partial charge in [-0.2, -0.15) is 0 Å². The number of fused-ring (bicyclic) bond motifs is 1. The van der Waals surface area contributed by atoms with Crippen molar-refractivity contribution in [2.24, 2.45) is 5.92 Å². The largest absolute Gasteiger partial charge is 0.383 e. The average Bonchev–Trinajstić information content (AvgIpc) is 3.04. The number of hydrogen-bond donors (Lipinski definition) is 1. The van der Waals surface area contributed by atoms with Crippen LogP contribution in [0.5, 0.6) is 0 Å². The molecule has 0 aromatic heterocycles. The molecule has 2 fully saturated rings. The smallest absolute Gasteiger partial charge is 0.249 e. The Kier molecular flexibility index (Phi) is 6.24. The Morgan fingerprint density at radius 2 is 2.21 bits per heavy atom. The number of hydrogen-bond acceptors (Lipinski definition) is 4. The SMILES string of the molecule is COCCNC(=O)[C@@H]1C[C@@H]2CCN(CCc3ccccc3)C[C@H]2O1. The zero-order valence-electron chi connectivity index (χ0n) is 14.4. The van der Waals surface area contributed by atoms with Gasteiger partial charge in [0, 0.05) is 26.7 Å². The predicted molar refractivity (Wildman–Crippen MR) is 92.9 cm³/mol. The van der Waals surface area contributed by atoms with Crippen LogP contribution in [0.4, 0.5) is 0 Å². The van der Waals surface area contributed by atoms with Crippen LogP contribution in [0.15, 0.2) is 30.3 Å². The minimum atomic E-state index is -0.286. The highest BCUT2D eigenvalue weighted by Crippen LogP contribution is 2.33. The zero-order chi connectivity index (χ0) is 16.8. The molecule has 0 spiro atoms. The van der Waals surface area contributed by atoms with Crippen LogP contribution in [0, 0.1) is 5.92 Å². The minimum Gasteiger partial charge on any atom is -0.383 e. The molecule has 0 unspecified atom stereocenters. The molecule has 1 amide bonds. The molecule has 0 radical (unpaired) electrons. The Bertz CT molecular complexity index is 523. The lowest BCUT2D eigenvalue weighted by atomic mass is 9.91. The lowest BCUT2D eigenvalue weighted by molar-refractivity contribution is -0.133. The van der Waals surface area contributed by atoms with Gasteiger partial charge in [-0.1, -0.05) is 30.3 Å². The normalized spacial score (nSPS) is 27.0. The Balaban J connectivity index is 1.43. The maximum Gasteiger partial charge on any atom is 0.249 e. The van der Waals surface area contributed by atoms with Crippen molar-refractivity contribution in [3.05, 3.63) is 35.9 Å². The summed E-state index contributed by atoms with van der Waals surface area (Å²) in [6.45, 7) is 4.20. The van der Waals surface area contributed by atoms with Crippen LogP contribution in [-0.2, 0) is 20.7 Å². The molecule has 2 saturated heterocycles. The number of carbonyl (C=O) groups is 1. The van der Waals surface area contributed by atoms with Crippen molar-refractivity contribution in [2.75, 3.05) is 39.9 Å². The number of methoxy groups -OCH3 is 1. The van der Waals surface area contributed by atoms with E-state index in [-0.39, 0.29) is 18.1 Å². The van der Waals surface area contributed by atoms with Crippen molar-refractivity contribution in [2.45, 2.75) is 31.5 Å². The van der Waals surface area contributed by atoms with Gasteiger partial charge >= 0.3 is 0 Å². The van der Waals surface area contributed by atoms with E-state index in [9.17, 15) is 4.79 Å². The van der Waals surface area contributed by atoms with E-state index in [1.807, 2.05) is 0 Å². The molecule has 132 valence electrons. The van der Waals surface area contributed by atoms with E-state index >= 15 is 0 Å². The van der Waals surface area contributed by atoms with E-state index in [2.05, 4.69) is 40.5 Å². The zero-order valence-corrected chi connectivity index (χ0v) is 14.4. The van der Waals surface area contributed by atoms with Crippen LogP contribution in [0.25, 0.3) is 0 Å². The summed E-state index contributed by atoms with van der Waals surface area (Å²) < 4.78 is 11.0. The van der Waals surface area contributed by atoms with Crippen molar-refractivity contribution in [1.29, 1.82) is 0 Å². The fourth-order valence-corrected chi connectivity index (χ4v) is 3.69. The first kappa shape index (κ1) is 17.4. The number of nitrogens with one attached hydrogen (secondary N) is 1. The molecule has 1 aromatic carbocycles. The maximum atomic E-state index is 12.2. The van der Waals surface area contributed by atoms with Crippen LogP contribution in [0.3, 0.4) is 0 Å². The first-order chi connectivity index (χ1) is 11.8. The van der Waals surface area contributed by atoms with Gasteiger partial charge < -0.3 is 19.7 Å². The summed E-state index contributed by atoms with van der Waals surface area (Å²) in [7, 11) is 1.64. The van der Waals surface area contributed by atoms with Crippen molar-refractivity contribution < 1.29 is 14.3 Å². The Morgan fingerprint density at radius 3 is 3.00 bits per heavy atom. The standard InChI is InChI=1S/C19H28N2O3/c1-23-12-9-20-19(22)17-13-16-8-11-21(14-18(16)24-17)10-7-15-5-3-2-4-6-15/h2-6,16-18H,7-14H2,1H3,(H,20,22)/t16-,17-,18+/m0/s1. The molecule has 2 heterocycles. The van der Waals surface area contributed by atoms with Gasteiger partial charge in [-0.05, 0) is 37.3 Å². The maximum absolute atomic E-state index is 12.2. The second-order valence-electron chi connectivity index (χ2n) is 6.77. The molecule has 0 aliphatic carbocycles. The number of amides is 1. The van der Waals surface area contributed by atoms with Crippen LogP contribution in [0.1, 0.15) is 18.4 Å². The third-order valence-corrected chi connectivity index (χ3v) is 5.09. The van der Waals surface area contributed by atoms with Gasteiger partial charge in [0.1, 0.15) is 6.10 Å². The van der Waals surface area contributed by atoms with E-state index in [1.54, 1.807) is 7.11 Å². The van der Waals surface area contributed by atoms with Crippen molar-refractivity contribution in [1.82, 2.24) is 10.2 Å². The first-order valence-electron chi connectivity index (χ1n) is 8.94. The molecule has 1 N–H and O–H groups in total. The number of rotatable bonds is 7. The highest BCUT2D eigenvalue weighted by molar-refractivity contribution is 5.81. The van der Waals surface area contributed by atoms with Gasteiger partial charge in [0.15, 0.2) is 0 Å². The highest BCUT2D eigenvalue weighted by atomic mass is 16.5. The van der Waals surface area contributed by atoms with E-state index in [0.29, 0.717) is 19.1 Å². The highest BCUT2D eigenvalue weighted by Gasteiger charge is 2.41. The Labute approximate surface area is 144 Å². The topological polar surface area (TPSA) is 50.8 Å². The molecular formula is C19H28N2O3. The van der Waals surface area contributed by atoms with Crippen LogP contribution >= 0.6 is 0 Å². The quantitative estimate of drug-likeness (QED) is 0.768. The van der Waals surface area contributed by atoms with Gasteiger partial charge in [0.25, 0.3) is 0 Å². The lowest BCUT2D eigenvalue weighted by Crippen LogP contribution is -2.43. The molecule has 3 rings (SSSR count). The molecule has 5 heteroatoms. The third kappa shape index (κ3) is 4.56.